The standard InChI is InChI=1S/C12H25N3/c1-2-3-6-14-7-9-15(10-8-14)12-4-5-13-11-12/h12-13H,2-11H2,1H3. The maximum atomic E-state index is 3.46. The van der Waals surface area contributed by atoms with Crippen molar-refractivity contribution in [1.82, 2.24) is 15.1 Å². The predicted molar refractivity (Wildman–Crippen MR) is 64.2 cm³/mol. The third-order valence-corrected chi connectivity index (χ3v) is 3.79. The Balaban J connectivity index is 1.67. The molecule has 3 nitrogen and oxygen atoms in total. The zero-order chi connectivity index (χ0) is 10.5. The van der Waals surface area contributed by atoms with Gasteiger partial charge in [0.05, 0.1) is 0 Å². The Bertz CT molecular complexity index is 170. The van der Waals surface area contributed by atoms with Gasteiger partial charge in [-0.15, -0.1) is 0 Å². The highest BCUT2D eigenvalue weighted by molar-refractivity contribution is 4.84. The zero-order valence-electron chi connectivity index (χ0n) is 10.0. The maximum Gasteiger partial charge on any atom is 0.0233 e. The summed E-state index contributed by atoms with van der Waals surface area (Å²) >= 11 is 0. The molecule has 0 radical (unpaired) electrons. The molecule has 0 bridgehead atoms. The topological polar surface area (TPSA) is 18.5 Å². The first-order chi connectivity index (χ1) is 7.40. The molecule has 2 heterocycles. The van der Waals surface area contributed by atoms with Gasteiger partial charge in [0.1, 0.15) is 0 Å². The molecule has 3 heteroatoms. The van der Waals surface area contributed by atoms with Crippen LogP contribution in [0.15, 0.2) is 0 Å². The van der Waals surface area contributed by atoms with Crippen molar-refractivity contribution in [3.05, 3.63) is 0 Å². The Morgan fingerprint density at radius 3 is 2.60 bits per heavy atom. The first kappa shape index (κ1) is 11.4. The van der Waals surface area contributed by atoms with E-state index in [1.54, 1.807) is 0 Å². The Morgan fingerprint density at radius 2 is 2.00 bits per heavy atom. The van der Waals surface area contributed by atoms with Gasteiger partial charge in [0.2, 0.25) is 0 Å². The molecule has 0 aromatic carbocycles. The lowest BCUT2D eigenvalue weighted by Crippen LogP contribution is -2.50. The highest BCUT2D eigenvalue weighted by Gasteiger charge is 2.25. The van der Waals surface area contributed by atoms with E-state index in [2.05, 4.69) is 22.0 Å². The van der Waals surface area contributed by atoms with E-state index >= 15 is 0 Å². The second-order valence-corrected chi connectivity index (χ2v) is 4.88. The molecule has 2 saturated heterocycles. The van der Waals surface area contributed by atoms with Crippen molar-refractivity contribution < 1.29 is 0 Å². The van der Waals surface area contributed by atoms with Crippen LogP contribution in [0.1, 0.15) is 26.2 Å². The van der Waals surface area contributed by atoms with E-state index in [4.69, 9.17) is 0 Å². The number of hydrogen-bond acceptors (Lipinski definition) is 3. The highest BCUT2D eigenvalue weighted by atomic mass is 15.3. The lowest BCUT2D eigenvalue weighted by molar-refractivity contribution is 0.102. The van der Waals surface area contributed by atoms with E-state index < -0.39 is 0 Å². The van der Waals surface area contributed by atoms with Gasteiger partial charge in [0.15, 0.2) is 0 Å². The van der Waals surface area contributed by atoms with Crippen LogP contribution in [0, 0.1) is 0 Å². The zero-order valence-corrected chi connectivity index (χ0v) is 10.0. The summed E-state index contributed by atoms with van der Waals surface area (Å²) in [6.07, 6.45) is 4.05. The molecule has 0 amide bonds. The third kappa shape index (κ3) is 3.16. The average Bonchev–Trinajstić information content (AvgIpc) is 2.80. The fraction of sp³-hybridized carbons (Fsp3) is 1.00. The van der Waals surface area contributed by atoms with Crippen molar-refractivity contribution in [1.29, 1.82) is 0 Å². The van der Waals surface area contributed by atoms with Crippen LogP contribution in [0.4, 0.5) is 0 Å². The molecular weight excluding hydrogens is 186 g/mol. The fourth-order valence-electron chi connectivity index (χ4n) is 2.68. The van der Waals surface area contributed by atoms with Gasteiger partial charge in [-0.1, -0.05) is 13.3 Å². The van der Waals surface area contributed by atoms with Gasteiger partial charge in [-0.25, -0.2) is 0 Å². The van der Waals surface area contributed by atoms with Crippen molar-refractivity contribution >= 4 is 0 Å². The molecule has 0 saturated carbocycles. The van der Waals surface area contributed by atoms with Gasteiger partial charge in [0, 0.05) is 38.8 Å². The molecule has 0 aromatic rings. The van der Waals surface area contributed by atoms with Gasteiger partial charge in [-0.3, -0.25) is 4.90 Å². The van der Waals surface area contributed by atoms with Crippen LogP contribution in [0.3, 0.4) is 0 Å². The molecule has 15 heavy (non-hydrogen) atoms. The van der Waals surface area contributed by atoms with Crippen LogP contribution in [-0.4, -0.2) is 61.7 Å². The molecule has 1 unspecified atom stereocenters. The number of hydrogen-bond donors (Lipinski definition) is 1. The summed E-state index contributed by atoms with van der Waals surface area (Å²) in [7, 11) is 0. The molecule has 1 atom stereocenters. The normalized spacial score (nSPS) is 29.8. The third-order valence-electron chi connectivity index (χ3n) is 3.79. The van der Waals surface area contributed by atoms with Crippen LogP contribution in [-0.2, 0) is 0 Å². The van der Waals surface area contributed by atoms with E-state index in [0.717, 1.165) is 6.04 Å². The van der Waals surface area contributed by atoms with Crippen LogP contribution >= 0.6 is 0 Å². The second-order valence-electron chi connectivity index (χ2n) is 4.88. The van der Waals surface area contributed by atoms with Crippen LogP contribution in [0.25, 0.3) is 0 Å². The van der Waals surface area contributed by atoms with Gasteiger partial charge < -0.3 is 10.2 Å². The van der Waals surface area contributed by atoms with Gasteiger partial charge in [-0.05, 0) is 25.9 Å². The molecule has 2 rings (SSSR count). The summed E-state index contributed by atoms with van der Waals surface area (Å²) in [4.78, 5) is 5.31. The number of rotatable bonds is 4. The Hall–Kier alpha value is -0.120. The summed E-state index contributed by atoms with van der Waals surface area (Å²) < 4.78 is 0. The Kier molecular flexibility index (Phi) is 4.42. The number of piperazine rings is 1. The van der Waals surface area contributed by atoms with Crippen molar-refractivity contribution in [2.75, 3.05) is 45.8 Å². The van der Waals surface area contributed by atoms with Crippen molar-refractivity contribution in [2.45, 2.75) is 32.2 Å². The minimum atomic E-state index is 0.832. The lowest BCUT2D eigenvalue weighted by Gasteiger charge is -2.37. The van der Waals surface area contributed by atoms with E-state index in [0.29, 0.717) is 0 Å². The molecule has 88 valence electrons. The Morgan fingerprint density at radius 1 is 1.20 bits per heavy atom. The van der Waals surface area contributed by atoms with Crippen molar-refractivity contribution in [3.63, 3.8) is 0 Å². The minimum Gasteiger partial charge on any atom is -0.315 e. The number of unbranched alkanes of at least 4 members (excludes halogenated alkanes) is 1. The van der Waals surface area contributed by atoms with E-state index in [1.165, 1.54) is 65.1 Å². The summed E-state index contributed by atoms with van der Waals surface area (Å²) in [5.41, 5.74) is 0. The largest absolute Gasteiger partial charge is 0.315 e. The second kappa shape index (κ2) is 5.83. The van der Waals surface area contributed by atoms with E-state index in [1.807, 2.05) is 0 Å². The van der Waals surface area contributed by atoms with Gasteiger partial charge >= 0.3 is 0 Å². The number of nitrogens with zero attached hydrogens (tertiary/aromatic N) is 2. The number of nitrogens with one attached hydrogen (secondary N) is 1. The first-order valence-corrected chi connectivity index (χ1v) is 6.57. The molecule has 0 aromatic heterocycles. The lowest BCUT2D eigenvalue weighted by atomic mass is 10.2. The molecule has 2 fully saturated rings. The van der Waals surface area contributed by atoms with E-state index in [-0.39, 0.29) is 0 Å². The Labute approximate surface area is 93.8 Å². The average molecular weight is 211 g/mol. The summed E-state index contributed by atoms with van der Waals surface area (Å²) in [5, 5.41) is 3.46. The molecule has 0 aliphatic carbocycles. The fourth-order valence-corrected chi connectivity index (χ4v) is 2.68. The molecule has 0 spiro atoms. The van der Waals surface area contributed by atoms with Gasteiger partial charge in [0.25, 0.3) is 0 Å². The summed E-state index contributed by atoms with van der Waals surface area (Å²) in [6.45, 7) is 11.2. The van der Waals surface area contributed by atoms with Crippen LogP contribution < -0.4 is 5.32 Å². The molecular formula is C12H25N3. The first-order valence-electron chi connectivity index (χ1n) is 6.57. The van der Waals surface area contributed by atoms with Crippen molar-refractivity contribution in [2.24, 2.45) is 0 Å². The predicted octanol–water partition coefficient (Wildman–Crippen LogP) is 0.766. The van der Waals surface area contributed by atoms with Gasteiger partial charge in [-0.2, -0.15) is 0 Å². The van der Waals surface area contributed by atoms with Crippen LogP contribution in [0.5, 0.6) is 0 Å². The minimum absolute atomic E-state index is 0.832. The molecule has 1 N–H and O–H groups in total. The quantitative estimate of drug-likeness (QED) is 0.741. The maximum absolute atomic E-state index is 3.46. The molecule has 2 aliphatic rings. The van der Waals surface area contributed by atoms with Crippen molar-refractivity contribution in [3.8, 4) is 0 Å². The van der Waals surface area contributed by atoms with Crippen LogP contribution in [0.2, 0.25) is 0 Å². The SMILES string of the molecule is CCCCN1CCN(C2CCNC2)CC1. The monoisotopic (exact) mass is 211 g/mol. The molecule has 2 aliphatic heterocycles. The summed E-state index contributed by atoms with van der Waals surface area (Å²) in [6, 6.07) is 0.832. The highest BCUT2D eigenvalue weighted by Crippen LogP contribution is 2.12. The summed E-state index contributed by atoms with van der Waals surface area (Å²) in [5.74, 6) is 0. The smallest absolute Gasteiger partial charge is 0.0233 e. The van der Waals surface area contributed by atoms with E-state index in [9.17, 15) is 0 Å².